The number of carbonyl (C=O) groups excluding carboxylic acids is 1. The zero-order valence-electron chi connectivity index (χ0n) is 13.4. The minimum Gasteiger partial charge on any atom is -0.451 e. The third-order valence-corrected chi connectivity index (χ3v) is 5.03. The lowest BCUT2D eigenvalue weighted by Gasteiger charge is -2.34. The fraction of sp³-hybridized carbons (Fsp3) is 0.222. The second kappa shape index (κ2) is 6.68. The summed E-state index contributed by atoms with van der Waals surface area (Å²) in [6, 6.07) is 9.43. The Morgan fingerprint density at radius 1 is 1.08 bits per heavy atom. The van der Waals surface area contributed by atoms with Gasteiger partial charge in [0.05, 0.1) is 0 Å². The first-order chi connectivity index (χ1) is 12.2. The van der Waals surface area contributed by atoms with E-state index in [4.69, 9.17) is 4.42 Å². The van der Waals surface area contributed by atoms with E-state index < -0.39 is 0 Å². The van der Waals surface area contributed by atoms with Crippen LogP contribution >= 0.6 is 11.3 Å². The van der Waals surface area contributed by atoms with Gasteiger partial charge in [0.25, 0.3) is 5.91 Å². The number of furan rings is 1. The summed E-state index contributed by atoms with van der Waals surface area (Å²) in [4.78, 5) is 20.9. The zero-order chi connectivity index (χ0) is 17.2. The molecule has 0 spiro atoms. The van der Waals surface area contributed by atoms with Crippen molar-refractivity contribution in [2.24, 2.45) is 0 Å². The molecule has 0 unspecified atom stereocenters. The number of rotatable bonds is 3. The minimum atomic E-state index is -0.301. The molecule has 7 heteroatoms. The maximum atomic E-state index is 13.0. The van der Waals surface area contributed by atoms with Gasteiger partial charge in [0, 0.05) is 43.3 Å². The highest BCUT2D eigenvalue weighted by Gasteiger charge is 2.25. The molecule has 1 aliphatic heterocycles. The Morgan fingerprint density at radius 2 is 1.84 bits per heavy atom. The Labute approximate surface area is 148 Å². The van der Waals surface area contributed by atoms with Crippen molar-refractivity contribution in [2.45, 2.75) is 0 Å². The second-order valence-corrected chi connectivity index (χ2v) is 6.64. The van der Waals surface area contributed by atoms with Gasteiger partial charge in [-0.25, -0.2) is 9.37 Å². The second-order valence-electron chi connectivity index (χ2n) is 5.76. The van der Waals surface area contributed by atoms with E-state index in [9.17, 15) is 9.18 Å². The van der Waals surface area contributed by atoms with Crippen molar-refractivity contribution in [3.63, 3.8) is 0 Å². The number of aromatic nitrogens is 1. The van der Waals surface area contributed by atoms with Crippen molar-refractivity contribution in [1.29, 1.82) is 0 Å². The molecule has 1 amide bonds. The van der Waals surface area contributed by atoms with Gasteiger partial charge in [0.15, 0.2) is 10.9 Å². The quantitative estimate of drug-likeness (QED) is 0.720. The molecular weight excluding hydrogens is 341 g/mol. The summed E-state index contributed by atoms with van der Waals surface area (Å²) in [6.07, 6.45) is 1.79. The van der Waals surface area contributed by atoms with Crippen molar-refractivity contribution in [3.8, 4) is 11.3 Å². The molecule has 1 saturated heterocycles. The van der Waals surface area contributed by atoms with E-state index in [1.165, 1.54) is 12.1 Å². The van der Waals surface area contributed by atoms with E-state index >= 15 is 0 Å². The molecule has 0 atom stereocenters. The number of benzene rings is 1. The fourth-order valence-electron chi connectivity index (χ4n) is 2.85. The predicted octanol–water partition coefficient (Wildman–Crippen LogP) is 3.50. The molecule has 0 N–H and O–H groups in total. The Kier molecular flexibility index (Phi) is 4.23. The third-order valence-electron chi connectivity index (χ3n) is 4.20. The van der Waals surface area contributed by atoms with Crippen LogP contribution in [-0.4, -0.2) is 42.0 Å². The molecule has 5 nitrogen and oxygen atoms in total. The Bertz CT molecular complexity index is 853. The molecule has 2 aromatic heterocycles. The fourth-order valence-corrected chi connectivity index (χ4v) is 3.55. The molecular formula is C18H16FN3O2S. The van der Waals surface area contributed by atoms with Gasteiger partial charge < -0.3 is 14.2 Å². The molecule has 1 aromatic carbocycles. The Morgan fingerprint density at radius 3 is 2.52 bits per heavy atom. The van der Waals surface area contributed by atoms with Crippen LogP contribution in [0.5, 0.6) is 0 Å². The summed E-state index contributed by atoms with van der Waals surface area (Å²) in [6.45, 7) is 2.77. The molecule has 128 valence electrons. The SMILES string of the molecule is O=C(c1ccc(-c2ccc(F)cc2)o1)N1CCN(c2nccs2)CC1. The lowest BCUT2D eigenvalue weighted by Crippen LogP contribution is -2.48. The highest BCUT2D eigenvalue weighted by Crippen LogP contribution is 2.24. The first-order valence-electron chi connectivity index (χ1n) is 8.00. The number of nitrogens with zero attached hydrogens (tertiary/aromatic N) is 3. The number of hydrogen-bond donors (Lipinski definition) is 0. The normalized spacial score (nSPS) is 14.8. The summed E-state index contributed by atoms with van der Waals surface area (Å²) in [5.41, 5.74) is 0.744. The zero-order valence-corrected chi connectivity index (χ0v) is 14.2. The molecule has 0 bridgehead atoms. The Hall–Kier alpha value is -2.67. The van der Waals surface area contributed by atoms with Gasteiger partial charge in [-0.2, -0.15) is 0 Å². The van der Waals surface area contributed by atoms with Crippen molar-refractivity contribution in [3.05, 3.63) is 59.6 Å². The van der Waals surface area contributed by atoms with E-state index in [1.54, 1.807) is 46.7 Å². The Balaban J connectivity index is 1.43. The summed E-state index contributed by atoms with van der Waals surface area (Å²) in [7, 11) is 0. The monoisotopic (exact) mass is 357 g/mol. The van der Waals surface area contributed by atoms with Crippen LogP contribution in [0.15, 0.2) is 52.4 Å². The highest BCUT2D eigenvalue weighted by atomic mass is 32.1. The number of hydrogen-bond acceptors (Lipinski definition) is 5. The third kappa shape index (κ3) is 3.28. The van der Waals surface area contributed by atoms with Crippen LogP contribution in [0.1, 0.15) is 10.6 Å². The summed E-state index contributed by atoms with van der Waals surface area (Å²) >= 11 is 1.60. The lowest BCUT2D eigenvalue weighted by atomic mass is 10.2. The predicted molar refractivity (Wildman–Crippen MR) is 94.3 cm³/mol. The van der Waals surface area contributed by atoms with Crippen LogP contribution in [0.4, 0.5) is 9.52 Å². The van der Waals surface area contributed by atoms with E-state index in [-0.39, 0.29) is 11.7 Å². The smallest absolute Gasteiger partial charge is 0.289 e. The van der Waals surface area contributed by atoms with Crippen LogP contribution in [0.25, 0.3) is 11.3 Å². The van der Waals surface area contributed by atoms with Crippen molar-refractivity contribution in [1.82, 2.24) is 9.88 Å². The number of amides is 1. The van der Waals surface area contributed by atoms with Gasteiger partial charge in [0.2, 0.25) is 0 Å². The van der Waals surface area contributed by atoms with Crippen molar-refractivity contribution >= 4 is 22.4 Å². The first-order valence-corrected chi connectivity index (χ1v) is 8.88. The van der Waals surface area contributed by atoms with Crippen LogP contribution in [-0.2, 0) is 0 Å². The van der Waals surface area contributed by atoms with Gasteiger partial charge in [-0.05, 0) is 36.4 Å². The average molecular weight is 357 g/mol. The highest BCUT2D eigenvalue weighted by molar-refractivity contribution is 7.13. The number of anilines is 1. The average Bonchev–Trinajstić information content (AvgIpc) is 3.34. The number of piperazine rings is 1. The van der Waals surface area contributed by atoms with Crippen LogP contribution in [0, 0.1) is 5.82 Å². The summed E-state index contributed by atoms with van der Waals surface area (Å²) in [5.74, 6) is 0.448. The van der Waals surface area contributed by atoms with Crippen molar-refractivity contribution < 1.29 is 13.6 Å². The standard InChI is InChI=1S/C18H16FN3O2S/c19-14-3-1-13(2-4-14)15-5-6-16(24-15)17(23)21-8-10-22(11-9-21)18-20-7-12-25-18/h1-7,12H,8-11H2. The largest absolute Gasteiger partial charge is 0.451 e. The van der Waals surface area contributed by atoms with Gasteiger partial charge in [-0.3, -0.25) is 4.79 Å². The molecule has 1 fully saturated rings. The first kappa shape index (κ1) is 15.8. The van der Waals surface area contributed by atoms with Gasteiger partial charge in [0.1, 0.15) is 11.6 Å². The molecule has 3 heterocycles. The maximum Gasteiger partial charge on any atom is 0.289 e. The lowest BCUT2D eigenvalue weighted by molar-refractivity contribution is 0.0715. The van der Waals surface area contributed by atoms with E-state index in [2.05, 4.69) is 9.88 Å². The molecule has 1 aliphatic rings. The molecule has 4 rings (SSSR count). The minimum absolute atomic E-state index is 0.118. The number of carbonyl (C=O) groups is 1. The number of thiazole rings is 1. The van der Waals surface area contributed by atoms with Crippen LogP contribution in [0.3, 0.4) is 0 Å². The van der Waals surface area contributed by atoms with E-state index in [0.29, 0.717) is 24.6 Å². The van der Waals surface area contributed by atoms with Crippen molar-refractivity contribution in [2.75, 3.05) is 31.1 Å². The van der Waals surface area contributed by atoms with Crippen LogP contribution in [0.2, 0.25) is 0 Å². The summed E-state index contributed by atoms with van der Waals surface area (Å²) < 4.78 is 18.7. The molecule has 0 saturated carbocycles. The van der Waals surface area contributed by atoms with E-state index in [0.717, 1.165) is 23.8 Å². The van der Waals surface area contributed by atoms with Gasteiger partial charge in [-0.1, -0.05) is 0 Å². The number of halogens is 1. The molecule has 3 aromatic rings. The van der Waals surface area contributed by atoms with Gasteiger partial charge in [-0.15, -0.1) is 11.3 Å². The van der Waals surface area contributed by atoms with E-state index in [1.807, 2.05) is 5.38 Å². The summed E-state index contributed by atoms with van der Waals surface area (Å²) in [5, 5.41) is 2.94. The molecule has 25 heavy (non-hydrogen) atoms. The topological polar surface area (TPSA) is 49.6 Å². The van der Waals surface area contributed by atoms with Gasteiger partial charge >= 0.3 is 0 Å². The molecule has 0 radical (unpaired) electrons. The van der Waals surface area contributed by atoms with Crippen LogP contribution < -0.4 is 4.90 Å². The molecule has 0 aliphatic carbocycles. The maximum absolute atomic E-state index is 13.0.